The van der Waals surface area contributed by atoms with E-state index in [9.17, 15) is 0 Å². The van der Waals surface area contributed by atoms with Gasteiger partial charge in [0, 0.05) is 13.8 Å². The minimum atomic E-state index is -0.530. The molecule has 0 atom stereocenters. The molecule has 0 fully saturated rings. The highest BCUT2D eigenvalue weighted by Gasteiger charge is 2.31. The van der Waals surface area contributed by atoms with Gasteiger partial charge in [-0.3, -0.25) is 0 Å². The lowest BCUT2D eigenvalue weighted by molar-refractivity contribution is -0.0431. The van der Waals surface area contributed by atoms with Crippen LogP contribution in [0.15, 0.2) is 18.2 Å². The zero-order valence-corrected chi connectivity index (χ0v) is 9.95. The quantitative estimate of drug-likeness (QED) is 0.794. The number of fused-ring (bicyclic) bond motifs is 1. The van der Waals surface area contributed by atoms with Gasteiger partial charge < -0.3 is 15.2 Å². The van der Waals surface area contributed by atoms with E-state index in [2.05, 4.69) is 12.1 Å². The van der Waals surface area contributed by atoms with Crippen molar-refractivity contribution in [2.75, 3.05) is 6.54 Å². The van der Waals surface area contributed by atoms with Gasteiger partial charge in [0.2, 0.25) is 5.79 Å². The summed E-state index contributed by atoms with van der Waals surface area (Å²) in [5.41, 5.74) is 6.76. The summed E-state index contributed by atoms with van der Waals surface area (Å²) in [5.74, 6) is 1.17. The summed E-state index contributed by atoms with van der Waals surface area (Å²) in [4.78, 5) is 0. The molecule has 0 saturated carbocycles. The van der Waals surface area contributed by atoms with Gasteiger partial charge in [-0.05, 0) is 43.5 Å². The Morgan fingerprint density at radius 2 is 1.88 bits per heavy atom. The standard InChI is InChI=1S/C13H19NO2/c1-13(2)15-11-7-6-10(5-3-4-8-14)9-12(11)16-13/h6-7,9H,3-5,8,14H2,1-2H3. The molecule has 3 heteroatoms. The van der Waals surface area contributed by atoms with Crippen LogP contribution in [0.25, 0.3) is 0 Å². The molecule has 88 valence electrons. The van der Waals surface area contributed by atoms with Crippen molar-refractivity contribution in [2.24, 2.45) is 5.73 Å². The van der Waals surface area contributed by atoms with Gasteiger partial charge in [0.25, 0.3) is 0 Å². The van der Waals surface area contributed by atoms with Crippen molar-refractivity contribution in [3.8, 4) is 11.5 Å². The van der Waals surface area contributed by atoms with Gasteiger partial charge in [-0.1, -0.05) is 6.07 Å². The molecule has 0 unspecified atom stereocenters. The molecule has 1 heterocycles. The Morgan fingerprint density at radius 1 is 1.12 bits per heavy atom. The molecule has 16 heavy (non-hydrogen) atoms. The third-order valence-corrected chi connectivity index (χ3v) is 2.64. The Morgan fingerprint density at radius 3 is 2.62 bits per heavy atom. The summed E-state index contributed by atoms with van der Waals surface area (Å²) in [6.07, 6.45) is 3.24. The highest BCUT2D eigenvalue weighted by Crippen LogP contribution is 2.39. The maximum absolute atomic E-state index is 5.69. The second kappa shape index (κ2) is 4.34. The van der Waals surface area contributed by atoms with E-state index in [1.807, 2.05) is 19.9 Å². The van der Waals surface area contributed by atoms with E-state index in [0.29, 0.717) is 0 Å². The molecule has 0 saturated heterocycles. The van der Waals surface area contributed by atoms with Crippen molar-refractivity contribution < 1.29 is 9.47 Å². The van der Waals surface area contributed by atoms with E-state index in [-0.39, 0.29) is 0 Å². The molecule has 1 aromatic carbocycles. The second-order valence-electron chi connectivity index (χ2n) is 4.63. The third-order valence-electron chi connectivity index (χ3n) is 2.64. The van der Waals surface area contributed by atoms with Crippen LogP contribution in [0, 0.1) is 0 Å². The zero-order chi connectivity index (χ0) is 11.6. The number of hydrogen-bond acceptors (Lipinski definition) is 3. The summed E-state index contributed by atoms with van der Waals surface area (Å²) in [7, 11) is 0. The van der Waals surface area contributed by atoms with Gasteiger partial charge in [-0.2, -0.15) is 0 Å². The van der Waals surface area contributed by atoms with E-state index < -0.39 is 5.79 Å². The lowest BCUT2D eigenvalue weighted by Gasteiger charge is -2.16. The van der Waals surface area contributed by atoms with Gasteiger partial charge in [0.05, 0.1) is 0 Å². The Labute approximate surface area is 96.5 Å². The van der Waals surface area contributed by atoms with Crippen molar-refractivity contribution in [3.05, 3.63) is 23.8 Å². The van der Waals surface area contributed by atoms with Crippen LogP contribution in [0.3, 0.4) is 0 Å². The maximum Gasteiger partial charge on any atom is 0.246 e. The smallest absolute Gasteiger partial charge is 0.246 e. The van der Waals surface area contributed by atoms with Gasteiger partial charge in [0.15, 0.2) is 11.5 Å². The van der Waals surface area contributed by atoms with Crippen LogP contribution in [0.4, 0.5) is 0 Å². The molecule has 0 bridgehead atoms. The number of hydrogen-bond donors (Lipinski definition) is 1. The number of nitrogens with two attached hydrogens (primary N) is 1. The largest absolute Gasteiger partial charge is 0.449 e. The molecule has 0 aliphatic carbocycles. The van der Waals surface area contributed by atoms with Crippen molar-refractivity contribution in [3.63, 3.8) is 0 Å². The van der Waals surface area contributed by atoms with Gasteiger partial charge in [-0.25, -0.2) is 0 Å². The molecule has 1 aliphatic rings. The first-order valence-electron chi connectivity index (χ1n) is 5.82. The Kier molecular flexibility index (Phi) is 3.06. The van der Waals surface area contributed by atoms with E-state index in [0.717, 1.165) is 37.3 Å². The molecule has 3 nitrogen and oxygen atoms in total. The summed E-state index contributed by atoms with van der Waals surface area (Å²) in [6, 6.07) is 6.16. The van der Waals surface area contributed by atoms with Crippen LogP contribution in [0.2, 0.25) is 0 Å². The van der Waals surface area contributed by atoms with Crippen LogP contribution in [0.1, 0.15) is 32.3 Å². The SMILES string of the molecule is CC1(C)Oc2ccc(CCCCN)cc2O1. The van der Waals surface area contributed by atoms with E-state index in [1.54, 1.807) is 0 Å². The Balaban J connectivity index is 2.04. The van der Waals surface area contributed by atoms with Crippen LogP contribution in [-0.2, 0) is 6.42 Å². The van der Waals surface area contributed by atoms with Crippen molar-refractivity contribution in [1.29, 1.82) is 0 Å². The van der Waals surface area contributed by atoms with Crippen molar-refractivity contribution >= 4 is 0 Å². The van der Waals surface area contributed by atoms with Crippen molar-refractivity contribution in [1.82, 2.24) is 0 Å². The highest BCUT2D eigenvalue weighted by molar-refractivity contribution is 5.45. The predicted octanol–water partition coefficient (Wildman–Crippen LogP) is 2.48. The lowest BCUT2D eigenvalue weighted by Crippen LogP contribution is -2.29. The first kappa shape index (κ1) is 11.3. The van der Waals surface area contributed by atoms with Crippen LogP contribution in [-0.4, -0.2) is 12.3 Å². The van der Waals surface area contributed by atoms with Gasteiger partial charge in [0.1, 0.15) is 0 Å². The average molecular weight is 221 g/mol. The number of ether oxygens (including phenoxy) is 2. The molecule has 1 aliphatic heterocycles. The summed E-state index contributed by atoms with van der Waals surface area (Å²) in [5, 5.41) is 0. The molecule has 0 aromatic heterocycles. The van der Waals surface area contributed by atoms with Crippen molar-refractivity contribution in [2.45, 2.75) is 38.9 Å². The zero-order valence-electron chi connectivity index (χ0n) is 9.95. The minimum absolute atomic E-state index is 0.530. The molecule has 1 aromatic rings. The fourth-order valence-corrected chi connectivity index (χ4v) is 1.90. The van der Waals surface area contributed by atoms with E-state index in [4.69, 9.17) is 15.2 Å². The molecular formula is C13H19NO2. The first-order chi connectivity index (χ1) is 7.61. The number of aryl methyl sites for hydroxylation is 1. The Hall–Kier alpha value is -1.22. The first-order valence-corrected chi connectivity index (χ1v) is 5.82. The topological polar surface area (TPSA) is 44.5 Å². The normalized spacial score (nSPS) is 16.4. The monoisotopic (exact) mass is 221 g/mol. The van der Waals surface area contributed by atoms with Crippen LogP contribution < -0.4 is 15.2 Å². The van der Waals surface area contributed by atoms with E-state index >= 15 is 0 Å². The highest BCUT2D eigenvalue weighted by atomic mass is 16.7. The summed E-state index contributed by atoms with van der Waals surface area (Å²) >= 11 is 0. The Bertz CT molecular complexity index is 374. The van der Waals surface area contributed by atoms with Gasteiger partial charge in [-0.15, -0.1) is 0 Å². The molecular weight excluding hydrogens is 202 g/mol. The molecule has 0 radical (unpaired) electrons. The van der Waals surface area contributed by atoms with Gasteiger partial charge >= 0.3 is 0 Å². The molecule has 2 N–H and O–H groups in total. The predicted molar refractivity (Wildman–Crippen MR) is 63.8 cm³/mol. The second-order valence-corrected chi connectivity index (χ2v) is 4.63. The van der Waals surface area contributed by atoms with E-state index in [1.165, 1.54) is 5.56 Å². The molecule has 2 rings (SSSR count). The van der Waals surface area contributed by atoms with Crippen LogP contribution in [0.5, 0.6) is 11.5 Å². The maximum atomic E-state index is 5.69. The third kappa shape index (κ3) is 2.47. The number of unbranched alkanes of at least 4 members (excludes halogenated alkanes) is 1. The number of rotatable bonds is 4. The number of benzene rings is 1. The average Bonchev–Trinajstić information content (AvgIpc) is 2.51. The molecule has 0 amide bonds. The summed E-state index contributed by atoms with van der Waals surface area (Å²) < 4.78 is 11.3. The van der Waals surface area contributed by atoms with Crippen LogP contribution >= 0.6 is 0 Å². The fraction of sp³-hybridized carbons (Fsp3) is 0.538. The summed E-state index contributed by atoms with van der Waals surface area (Å²) in [6.45, 7) is 4.60. The lowest BCUT2D eigenvalue weighted by atomic mass is 10.1. The fourth-order valence-electron chi connectivity index (χ4n) is 1.90. The molecule has 0 spiro atoms. The minimum Gasteiger partial charge on any atom is -0.449 e.